The maximum Gasteiger partial charge on any atom is 0.195 e. The number of aromatic nitrogens is 1. The van der Waals surface area contributed by atoms with Crippen LogP contribution in [0.4, 0.5) is 0 Å². The molecule has 0 N–H and O–H groups in total. The summed E-state index contributed by atoms with van der Waals surface area (Å²) < 4.78 is 0.590. The van der Waals surface area contributed by atoms with Gasteiger partial charge in [-0.2, -0.15) is 0 Å². The van der Waals surface area contributed by atoms with Gasteiger partial charge in [0.05, 0.1) is 5.56 Å². The third-order valence-corrected chi connectivity index (χ3v) is 3.23. The lowest BCUT2D eigenvalue weighted by molar-refractivity contribution is 0.103. The average Bonchev–Trinajstić information content (AvgIpc) is 2.38. The maximum absolute atomic E-state index is 12.3. The molecule has 0 bridgehead atoms. The molecule has 86 valence electrons. The fraction of sp³-hybridized carbons (Fsp3) is 0.143. The van der Waals surface area contributed by atoms with Crippen LogP contribution < -0.4 is 0 Å². The van der Waals surface area contributed by atoms with E-state index < -0.39 is 0 Å². The van der Waals surface area contributed by atoms with E-state index in [1.54, 1.807) is 18.3 Å². The van der Waals surface area contributed by atoms with E-state index in [-0.39, 0.29) is 5.78 Å². The van der Waals surface area contributed by atoms with Gasteiger partial charge in [-0.15, -0.1) is 0 Å². The highest BCUT2D eigenvalue weighted by Crippen LogP contribution is 2.18. The number of nitrogens with zero attached hydrogens (tertiary/aromatic N) is 1. The summed E-state index contributed by atoms with van der Waals surface area (Å²) in [7, 11) is 0. The van der Waals surface area contributed by atoms with Crippen molar-refractivity contribution in [1.82, 2.24) is 4.98 Å². The number of pyridine rings is 1. The summed E-state index contributed by atoms with van der Waals surface area (Å²) in [5, 5.41) is 0. The highest BCUT2D eigenvalue weighted by molar-refractivity contribution is 9.10. The number of hydrogen-bond acceptors (Lipinski definition) is 2. The first kappa shape index (κ1) is 12.0. The van der Waals surface area contributed by atoms with Crippen molar-refractivity contribution >= 4 is 21.7 Å². The zero-order chi connectivity index (χ0) is 12.3. The van der Waals surface area contributed by atoms with Crippen LogP contribution in [0.2, 0.25) is 0 Å². The summed E-state index contributed by atoms with van der Waals surface area (Å²) in [6.07, 6.45) is 2.58. The third kappa shape index (κ3) is 2.61. The van der Waals surface area contributed by atoms with Crippen molar-refractivity contribution in [1.29, 1.82) is 0 Å². The fourth-order valence-electron chi connectivity index (χ4n) is 1.64. The first-order valence-electron chi connectivity index (χ1n) is 5.46. The van der Waals surface area contributed by atoms with Crippen molar-refractivity contribution in [2.45, 2.75) is 13.3 Å². The second-order valence-electron chi connectivity index (χ2n) is 3.72. The van der Waals surface area contributed by atoms with Gasteiger partial charge in [0.1, 0.15) is 4.60 Å². The monoisotopic (exact) mass is 289 g/mol. The molecule has 0 fully saturated rings. The van der Waals surface area contributed by atoms with Gasteiger partial charge in [0.15, 0.2) is 5.78 Å². The Hall–Kier alpha value is -1.48. The summed E-state index contributed by atoms with van der Waals surface area (Å²) in [5.74, 6) is 0.000255. The molecule has 1 heterocycles. The molecule has 1 aromatic heterocycles. The van der Waals surface area contributed by atoms with Gasteiger partial charge in [0.2, 0.25) is 0 Å². The molecule has 0 unspecified atom stereocenters. The van der Waals surface area contributed by atoms with Crippen molar-refractivity contribution in [3.63, 3.8) is 0 Å². The molecule has 0 amide bonds. The Morgan fingerprint density at radius 2 is 2.12 bits per heavy atom. The van der Waals surface area contributed by atoms with E-state index in [1.807, 2.05) is 24.3 Å². The lowest BCUT2D eigenvalue weighted by atomic mass is 10.0. The topological polar surface area (TPSA) is 30.0 Å². The third-order valence-electron chi connectivity index (χ3n) is 2.60. The number of halogens is 1. The van der Waals surface area contributed by atoms with Crippen LogP contribution in [0.3, 0.4) is 0 Å². The van der Waals surface area contributed by atoms with E-state index in [1.165, 1.54) is 0 Å². The molecule has 0 atom stereocenters. The van der Waals surface area contributed by atoms with E-state index in [9.17, 15) is 4.79 Å². The van der Waals surface area contributed by atoms with Crippen LogP contribution in [0, 0.1) is 0 Å². The molecule has 0 aliphatic carbocycles. The minimum atomic E-state index is 0.000255. The Kier molecular flexibility index (Phi) is 3.69. The van der Waals surface area contributed by atoms with Gasteiger partial charge < -0.3 is 0 Å². The summed E-state index contributed by atoms with van der Waals surface area (Å²) >= 11 is 3.30. The Labute approximate surface area is 109 Å². The Bertz CT molecular complexity index is 551. The first-order chi connectivity index (χ1) is 8.22. The minimum Gasteiger partial charge on any atom is -0.289 e. The first-order valence-corrected chi connectivity index (χ1v) is 6.26. The van der Waals surface area contributed by atoms with E-state index in [0.29, 0.717) is 15.7 Å². The number of carbonyl (C=O) groups excluding carboxylic acids is 1. The predicted molar refractivity (Wildman–Crippen MR) is 71.2 cm³/mol. The van der Waals surface area contributed by atoms with Crippen LogP contribution in [-0.4, -0.2) is 10.8 Å². The summed E-state index contributed by atoms with van der Waals surface area (Å²) in [6, 6.07) is 11.2. The van der Waals surface area contributed by atoms with Gasteiger partial charge in [-0.25, -0.2) is 4.98 Å². The van der Waals surface area contributed by atoms with Crippen LogP contribution in [0.1, 0.15) is 28.4 Å². The highest BCUT2D eigenvalue weighted by atomic mass is 79.9. The van der Waals surface area contributed by atoms with E-state index in [2.05, 4.69) is 27.8 Å². The van der Waals surface area contributed by atoms with Crippen LogP contribution >= 0.6 is 15.9 Å². The molecule has 17 heavy (non-hydrogen) atoms. The molecular formula is C14H12BrNO. The van der Waals surface area contributed by atoms with Crippen molar-refractivity contribution in [2.24, 2.45) is 0 Å². The molecule has 2 rings (SSSR count). The quantitative estimate of drug-likeness (QED) is 0.638. The summed E-state index contributed by atoms with van der Waals surface area (Å²) in [4.78, 5) is 16.3. The largest absolute Gasteiger partial charge is 0.289 e. The van der Waals surface area contributed by atoms with E-state index >= 15 is 0 Å². The smallest absolute Gasteiger partial charge is 0.195 e. The molecule has 0 saturated heterocycles. The minimum absolute atomic E-state index is 0.000255. The standard InChI is InChI=1S/C14H12BrNO/c1-2-10-5-3-6-11(9-10)13(17)12-7-4-8-16-14(12)15/h3-9H,2H2,1H3. The lowest BCUT2D eigenvalue weighted by Crippen LogP contribution is -2.03. The Morgan fingerprint density at radius 3 is 2.82 bits per heavy atom. The van der Waals surface area contributed by atoms with Crippen LogP contribution in [-0.2, 0) is 6.42 Å². The number of carbonyl (C=O) groups is 1. The van der Waals surface area contributed by atoms with Crippen molar-refractivity contribution in [3.8, 4) is 0 Å². The molecule has 2 aromatic rings. The number of benzene rings is 1. The van der Waals surface area contributed by atoms with Gasteiger partial charge in [-0.1, -0.05) is 25.1 Å². The molecular weight excluding hydrogens is 278 g/mol. The van der Waals surface area contributed by atoms with Crippen LogP contribution in [0.25, 0.3) is 0 Å². The lowest BCUT2D eigenvalue weighted by Gasteiger charge is -2.04. The number of hydrogen-bond donors (Lipinski definition) is 0. The predicted octanol–water partition coefficient (Wildman–Crippen LogP) is 3.64. The van der Waals surface area contributed by atoms with Gasteiger partial charge in [-0.3, -0.25) is 4.79 Å². The SMILES string of the molecule is CCc1cccc(C(=O)c2cccnc2Br)c1. The van der Waals surface area contributed by atoms with Crippen molar-refractivity contribution in [2.75, 3.05) is 0 Å². The second-order valence-corrected chi connectivity index (χ2v) is 4.48. The maximum atomic E-state index is 12.3. The molecule has 2 nitrogen and oxygen atoms in total. The molecule has 0 radical (unpaired) electrons. The van der Waals surface area contributed by atoms with Gasteiger partial charge in [0.25, 0.3) is 0 Å². The Balaban J connectivity index is 2.40. The number of aryl methyl sites for hydroxylation is 1. The van der Waals surface area contributed by atoms with E-state index in [0.717, 1.165) is 12.0 Å². The Morgan fingerprint density at radius 1 is 1.29 bits per heavy atom. The molecule has 3 heteroatoms. The molecule has 0 aliphatic rings. The second kappa shape index (κ2) is 5.23. The molecule has 0 spiro atoms. The van der Waals surface area contributed by atoms with Crippen LogP contribution in [0.15, 0.2) is 47.2 Å². The number of rotatable bonds is 3. The summed E-state index contributed by atoms with van der Waals surface area (Å²) in [5.41, 5.74) is 2.47. The normalized spacial score (nSPS) is 10.2. The van der Waals surface area contributed by atoms with Crippen molar-refractivity contribution in [3.05, 3.63) is 63.9 Å². The van der Waals surface area contributed by atoms with Gasteiger partial charge >= 0.3 is 0 Å². The summed E-state index contributed by atoms with van der Waals surface area (Å²) in [6.45, 7) is 2.07. The zero-order valence-electron chi connectivity index (χ0n) is 9.48. The van der Waals surface area contributed by atoms with Crippen LogP contribution in [0.5, 0.6) is 0 Å². The van der Waals surface area contributed by atoms with Crippen molar-refractivity contribution < 1.29 is 4.79 Å². The molecule has 0 saturated carbocycles. The van der Waals surface area contributed by atoms with E-state index in [4.69, 9.17) is 0 Å². The molecule has 1 aromatic carbocycles. The average molecular weight is 290 g/mol. The highest BCUT2D eigenvalue weighted by Gasteiger charge is 2.12. The van der Waals surface area contributed by atoms with Gasteiger partial charge in [-0.05, 0) is 46.1 Å². The van der Waals surface area contributed by atoms with Gasteiger partial charge in [0, 0.05) is 11.8 Å². The number of ketones is 1. The molecule has 0 aliphatic heterocycles. The fourth-order valence-corrected chi connectivity index (χ4v) is 2.07. The zero-order valence-corrected chi connectivity index (χ0v) is 11.1.